The van der Waals surface area contributed by atoms with E-state index in [0.717, 1.165) is 27.9 Å². The lowest BCUT2D eigenvalue weighted by Crippen LogP contribution is -2.19. The number of oxazole rings is 1. The van der Waals surface area contributed by atoms with Crippen LogP contribution in [0.1, 0.15) is 5.56 Å². The quantitative estimate of drug-likeness (QED) is 0.263. The predicted molar refractivity (Wildman–Crippen MR) is 117 cm³/mol. The SMILES string of the molecule is Cc1ccc2oc(-c3cccc(NC(=S)Nc4ccc([N+](=O)[O-])cc4)c3)nc2c1. The third kappa shape index (κ3) is 4.22. The highest BCUT2D eigenvalue weighted by atomic mass is 32.1. The van der Waals surface area contributed by atoms with E-state index in [1.165, 1.54) is 12.1 Å². The highest BCUT2D eigenvalue weighted by molar-refractivity contribution is 7.80. The summed E-state index contributed by atoms with van der Waals surface area (Å²) in [5.74, 6) is 0.531. The van der Waals surface area contributed by atoms with Crippen LogP contribution in [0.25, 0.3) is 22.6 Å². The van der Waals surface area contributed by atoms with Crippen molar-refractivity contribution in [1.29, 1.82) is 0 Å². The molecule has 0 atom stereocenters. The second-order valence-electron chi connectivity index (χ2n) is 6.45. The first-order valence-corrected chi connectivity index (χ1v) is 9.19. The Balaban J connectivity index is 1.49. The topological polar surface area (TPSA) is 93.2 Å². The van der Waals surface area contributed by atoms with Gasteiger partial charge in [0, 0.05) is 29.1 Å². The van der Waals surface area contributed by atoms with Crippen LogP contribution < -0.4 is 10.6 Å². The number of nitro benzene ring substituents is 1. The normalized spacial score (nSPS) is 10.7. The van der Waals surface area contributed by atoms with E-state index in [1.54, 1.807) is 12.1 Å². The molecular formula is C21H16N4O3S. The van der Waals surface area contributed by atoms with E-state index in [0.29, 0.717) is 16.7 Å². The molecule has 4 rings (SSSR count). The van der Waals surface area contributed by atoms with Crippen LogP contribution in [-0.2, 0) is 0 Å². The summed E-state index contributed by atoms with van der Waals surface area (Å²) < 4.78 is 5.85. The molecule has 0 saturated heterocycles. The summed E-state index contributed by atoms with van der Waals surface area (Å²) in [6.45, 7) is 2.01. The maximum absolute atomic E-state index is 10.7. The Labute approximate surface area is 171 Å². The monoisotopic (exact) mass is 404 g/mol. The van der Waals surface area contributed by atoms with Crippen molar-refractivity contribution in [2.75, 3.05) is 10.6 Å². The molecule has 0 amide bonds. The molecule has 3 aromatic carbocycles. The molecule has 1 aromatic heterocycles. The first-order valence-electron chi connectivity index (χ1n) is 8.78. The van der Waals surface area contributed by atoms with Gasteiger partial charge < -0.3 is 15.1 Å². The van der Waals surface area contributed by atoms with Crippen LogP contribution in [0.2, 0.25) is 0 Å². The zero-order valence-corrected chi connectivity index (χ0v) is 16.2. The molecule has 0 fully saturated rings. The van der Waals surface area contributed by atoms with E-state index in [2.05, 4.69) is 15.6 Å². The van der Waals surface area contributed by atoms with Crippen LogP contribution in [0, 0.1) is 17.0 Å². The molecule has 0 aliphatic carbocycles. The summed E-state index contributed by atoms with van der Waals surface area (Å²) in [5.41, 5.74) is 4.93. The average Bonchev–Trinajstić information content (AvgIpc) is 3.12. The van der Waals surface area contributed by atoms with Gasteiger partial charge in [0.05, 0.1) is 4.92 Å². The Kier molecular flexibility index (Phi) is 4.92. The van der Waals surface area contributed by atoms with Crippen molar-refractivity contribution in [3.8, 4) is 11.5 Å². The first-order chi connectivity index (χ1) is 14.0. The third-order valence-electron chi connectivity index (χ3n) is 4.25. The molecule has 7 nitrogen and oxygen atoms in total. The fourth-order valence-electron chi connectivity index (χ4n) is 2.85. The van der Waals surface area contributed by atoms with Crippen molar-refractivity contribution in [2.24, 2.45) is 0 Å². The van der Waals surface area contributed by atoms with Gasteiger partial charge in [0.1, 0.15) is 5.52 Å². The van der Waals surface area contributed by atoms with Crippen molar-refractivity contribution in [2.45, 2.75) is 6.92 Å². The Morgan fingerprint density at radius 2 is 1.79 bits per heavy atom. The zero-order valence-electron chi connectivity index (χ0n) is 15.4. The van der Waals surface area contributed by atoms with Gasteiger partial charge in [-0.2, -0.15) is 0 Å². The van der Waals surface area contributed by atoms with E-state index < -0.39 is 4.92 Å². The largest absolute Gasteiger partial charge is 0.436 e. The summed E-state index contributed by atoms with van der Waals surface area (Å²) in [6, 6.07) is 19.5. The number of thiocarbonyl (C=S) groups is 1. The Morgan fingerprint density at radius 1 is 1.03 bits per heavy atom. The number of hydrogen-bond acceptors (Lipinski definition) is 5. The van der Waals surface area contributed by atoms with Gasteiger partial charge in [-0.15, -0.1) is 0 Å². The van der Waals surface area contributed by atoms with Crippen molar-refractivity contribution >= 4 is 45.5 Å². The summed E-state index contributed by atoms with van der Waals surface area (Å²) in [7, 11) is 0. The summed E-state index contributed by atoms with van der Waals surface area (Å²) >= 11 is 5.33. The highest BCUT2D eigenvalue weighted by Gasteiger charge is 2.10. The van der Waals surface area contributed by atoms with E-state index in [4.69, 9.17) is 16.6 Å². The van der Waals surface area contributed by atoms with Crippen molar-refractivity contribution < 1.29 is 9.34 Å². The molecule has 0 radical (unpaired) electrons. The molecular weight excluding hydrogens is 388 g/mol. The van der Waals surface area contributed by atoms with Gasteiger partial charge in [0.15, 0.2) is 10.7 Å². The molecule has 2 N–H and O–H groups in total. The molecule has 0 aliphatic heterocycles. The molecule has 29 heavy (non-hydrogen) atoms. The number of nitrogens with one attached hydrogen (secondary N) is 2. The van der Waals surface area contributed by atoms with Gasteiger partial charge in [-0.25, -0.2) is 4.98 Å². The van der Waals surface area contributed by atoms with Gasteiger partial charge in [0.2, 0.25) is 5.89 Å². The highest BCUT2D eigenvalue weighted by Crippen LogP contribution is 2.27. The molecule has 144 valence electrons. The number of benzene rings is 3. The fourth-order valence-corrected chi connectivity index (χ4v) is 3.09. The minimum absolute atomic E-state index is 0.0238. The van der Waals surface area contributed by atoms with E-state index in [-0.39, 0.29) is 5.69 Å². The van der Waals surface area contributed by atoms with Crippen molar-refractivity contribution in [1.82, 2.24) is 4.98 Å². The van der Waals surface area contributed by atoms with E-state index >= 15 is 0 Å². The number of aryl methyl sites for hydroxylation is 1. The molecule has 0 unspecified atom stereocenters. The van der Waals surface area contributed by atoms with Gasteiger partial charge in [-0.05, 0) is 67.2 Å². The lowest BCUT2D eigenvalue weighted by molar-refractivity contribution is -0.384. The number of aromatic nitrogens is 1. The van der Waals surface area contributed by atoms with Gasteiger partial charge in [0.25, 0.3) is 5.69 Å². The summed E-state index contributed by atoms with van der Waals surface area (Å²) in [4.78, 5) is 14.8. The van der Waals surface area contributed by atoms with Gasteiger partial charge in [-0.3, -0.25) is 10.1 Å². The summed E-state index contributed by atoms with van der Waals surface area (Å²) in [6.07, 6.45) is 0. The summed E-state index contributed by atoms with van der Waals surface area (Å²) in [5, 5.41) is 17.2. The average molecular weight is 404 g/mol. The van der Waals surface area contributed by atoms with Crippen LogP contribution in [-0.4, -0.2) is 15.0 Å². The van der Waals surface area contributed by atoms with Gasteiger partial charge >= 0.3 is 0 Å². The number of fused-ring (bicyclic) bond motifs is 1. The molecule has 0 spiro atoms. The smallest absolute Gasteiger partial charge is 0.269 e. The molecule has 0 saturated carbocycles. The number of non-ortho nitro benzene ring substituents is 1. The Hall–Kier alpha value is -3.78. The zero-order chi connectivity index (χ0) is 20.4. The van der Waals surface area contributed by atoms with Gasteiger partial charge in [-0.1, -0.05) is 12.1 Å². The minimum Gasteiger partial charge on any atom is -0.436 e. The second-order valence-corrected chi connectivity index (χ2v) is 6.86. The van der Waals surface area contributed by atoms with Crippen LogP contribution in [0.3, 0.4) is 0 Å². The van der Waals surface area contributed by atoms with Crippen LogP contribution in [0.5, 0.6) is 0 Å². The van der Waals surface area contributed by atoms with Crippen LogP contribution >= 0.6 is 12.2 Å². The molecule has 0 aliphatic rings. The number of nitrogens with zero attached hydrogens (tertiary/aromatic N) is 2. The van der Waals surface area contributed by atoms with Crippen molar-refractivity contribution in [3.63, 3.8) is 0 Å². The molecule has 8 heteroatoms. The maximum Gasteiger partial charge on any atom is 0.269 e. The lowest BCUT2D eigenvalue weighted by Gasteiger charge is -2.11. The number of anilines is 2. The predicted octanol–water partition coefficient (Wildman–Crippen LogP) is 5.52. The standard InChI is InChI=1S/C21H16N4O3S/c1-13-5-10-19-18(11-13)24-20(28-19)14-3-2-4-16(12-14)23-21(29)22-15-6-8-17(9-7-15)25(26)27/h2-12H,1H3,(H2,22,23,29). The van der Waals surface area contributed by atoms with Crippen LogP contribution in [0.4, 0.5) is 17.1 Å². The first kappa shape index (κ1) is 18.6. The van der Waals surface area contributed by atoms with Crippen molar-refractivity contribution in [3.05, 3.63) is 82.4 Å². The van der Waals surface area contributed by atoms with E-state index in [1.807, 2.05) is 49.4 Å². The second kappa shape index (κ2) is 7.69. The maximum atomic E-state index is 10.7. The third-order valence-corrected chi connectivity index (χ3v) is 4.45. The fraction of sp³-hybridized carbons (Fsp3) is 0.0476. The van der Waals surface area contributed by atoms with E-state index in [9.17, 15) is 10.1 Å². The molecule has 1 heterocycles. The Bertz CT molecular complexity index is 1220. The number of rotatable bonds is 4. The number of hydrogen-bond donors (Lipinski definition) is 2. The lowest BCUT2D eigenvalue weighted by atomic mass is 10.2. The Morgan fingerprint density at radius 3 is 2.55 bits per heavy atom. The molecule has 4 aromatic rings. The molecule has 0 bridgehead atoms. The minimum atomic E-state index is -0.445. The van der Waals surface area contributed by atoms with Crippen LogP contribution in [0.15, 0.2) is 71.1 Å². The number of nitro groups is 1.